The van der Waals surface area contributed by atoms with E-state index in [-0.39, 0.29) is 23.7 Å². The number of aromatic nitrogens is 4. The summed E-state index contributed by atoms with van der Waals surface area (Å²) in [6.45, 7) is 2.23. The van der Waals surface area contributed by atoms with Gasteiger partial charge >= 0.3 is 11.7 Å². The number of halogens is 1. The molecule has 0 spiro atoms. The van der Waals surface area contributed by atoms with Crippen molar-refractivity contribution in [2.45, 2.75) is 13.5 Å². The Balaban J connectivity index is 1.97. The number of benzene rings is 2. The van der Waals surface area contributed by atoms with Crippen molar-refractivity contribution in [2.75, 3.05) is 0 Å². The Morgan fingerprint density at radius 1 is 1.03 bits per heavy atom. The van der Waals surface area contributed by atoms with E-state index in [1.54, 1.807) is 17.7 Å². The fraction of sp³-hybridized carbons (Fsp3) is 0.190. The van der Waals surface area contributed by atoms with Gasteiger partial charge in [0.15, 0.2) is 11.2 Å². The average Bonchev–Trinajstić information content (AvgIpc) is 3.04. The molecule has 2 aromatic carbocycles. The maximum absolute atomic E-state index is 12.9. The normalized spacial score (nSPS) is 11.2. The van der Waals surface area contributed by atoms with Crippen LogP contribution in [0.15, 0.2) is 58.1 Å². The van der Waals surface area contributed by atoms with E-state index < -0.39 is 11.2 Å². The van der Waals surface area contributed by atoms with Crippen LogP contribution in [0.1, 0.15) is 11.1 Å². The number of rotatable bonds is 4. The summed E-state index contributed by atoms with van der Waals surface area (Å²) in [6, 6.07) is 15.1. The topological polar surface area (TPSA) is 71.1 Å². The number of hydrogen-bond donors (Lipinski definition) is 0. The second-order valence-electron chi connectivity index (χ2n) is 6.87. The van der Waals surface area contributed by atoms with Gasteiger partial charge in [-0.15, -0.1) is 0 Å². The Hall–Kier alpha value is -3.32. The molecule has 0 amide bonds. The van der Waals surface area contributed by atoms with Gasteiger partial charge in [0.25, 0.3) is 5.56 Å². The minimum absolute atomic E-state index is 0.212. The largest absolute Gasteiger partial charge is 0.425 e. The number of nitrogens with zero attached hydrogens (tertiary/aromatic N) is 4. The van der Waals surface area contributed by atoms with E-state index in [4.69, 9.17) is 16.3 Å². The molecule has 8 heteroatoms. The molecular formula is C21H19ClN4O3. The lowest BCUT2D eigenvalue weighted by Gasteiger charge is -2.11. The van der Waals surface area contributed by atoms with E-state index in [0.29, 0.717) is 10.8 Å². The van der Waals surface area contributed by atoms with Gasteiger partial charge in [0.05, 0.1) is 6.54 Å². The second-order valence-corrected chi connectivity index (χ2v) is 7.28. The molecule has 0 aliphatic rings. The van der Waals surface area contributed by atoms with Gasteiger partial charge in [-0.3, -0.25) is 18.5 Å². The van der Waals surface area contributed by atoms with E-state index >= 15 is 0 Å². The molecule has 29 heavy (non-hydrogen) atoms. The Morgan fingerprint density at radius 2 is 1.79 bits per heavy atom. The minimum atomic E-state index is -0.452. The van der Waals surface area contributed by atoms with Crippen molar-refractivity contribution in [3.63, 3.8) is 0 Å². The van der Waals surface area contributed by atoms with Crippen LogP contribution in [-0.4, -0.2) is 18.7 Å². The van der Waals surface area contributed by atoms with E-state index in [2.05, 4.69) is 4.98 Å². The van der Waals surface area contributed by atoms with Gasteiger partial charge in [0.2, 0.25) is 0 Å². The summed E-state index contributed by atoms with van der Waals surface area (Å²) >= 11 is 6.34. The van der Waals surface area contributed by atoms with Gasteiger partial charge < -0.3 is 4.74 Å². The average molecular weight is 411 g/mol. The van der Waals surface area contributed by atoms with Crippen molar-refractivity contribution < 1.29 is 4.74 Å². The molecular weight excluding hydrogens is 392 g/mol. The molecule has 0 aliphatic carbocycles. The number of aryl methyl sites for hydroxylation is 2. The predicted molar refractivity (Wildman–Crippen MR) is 112 cm³/mol. The molecule has 2 heterocycles. The van der Waals surface area contributed by atoms with Crippen LogP contribution >= 0.6 is 11.6 Å². The Labute approximate surface area is 171 Å². The minimum Gasteiger partial charge on any atom is -0.425 e. The fourth-order valence-electron chi connectivity index (χ4n) is 3.23. The van der Waals surface area contributed by atoms with Crippen LogP contribution in [0, 0.1) is 6.92 Å². The molecule has 2 aromatic heterocycles. The molecule has 0 N–H and O–H groups in total. The van der Waals surface area contributed by atoms with E-state index in [9.17, 15) is 9.59 Å². The quantitative estimate of drug-likeness (QED) is 0.518. The first kappa shape index (κ1) is 19.0. The van der Waals surface area contributed by atoms with Gasteiger partial charge in [-0.05, 0) is 36.2 Å². The van der Waals surface area contributed by atoms with Gasteiger partial charge in [0, 0.05) is 19.1 Å². The maximum atomic E-state index is 12.9. The third-order valence-electron chi connectivity index (χ3n) is 4.80. The molecule has 0 unspecified atom stereocenters. The summed E-state index contributed by atoms with van der Waals surface area (Å²) in [6.07, 6.45) is 0. The second kappa shape index (κ2) is 7.25. The van der Waals surface area contributed by atoms with Gasteiger partial charge in [-0.2, -0.15) is 4.98 Å². The predicted octanol–water partition coefficient (Wildman–Crippen LogP) is 3.24. The molecule has 0 bridgehead atoms. The third kappa shape index (κ3) is 3.34. The maximum Gasteiger partial charge on any atom is 0.332 e. The summed E-state index contributed by atoms with van der Waals surface area (Å²) in [5, 5.41) is 0.567. The highest BCUT2D eigenvalue weighted by atomic mass is 35.5. The lowest BCUT2D eigenvalue weighted by Crippen LogP contribution is -2.37. The molecule has 7 nitrogen and oxygen atoms in total. The molecule has 0 saturated heterocycles. The van der Waals surface area contributed by atoms with Crippen molar-refractivity contribution in [1.82, 2.24) is 18.7 Å². The summed E-state index contributed by atoms with van der Waals surface area (Å²) in [7, 11) is 3.02. The van der Waals surface area contributed by atoms with Crippen LogP contribution in [0.3, 0.4) is 0 Å². The van der Waals surface area contributed by atoms with E-state index in [1.807, 2.05) is 49.4 Å². The lowest BCUT2D eigenvalue weighted by atomic mass is 10.2. The Morgan fingerprint density at radius 3 is 2.52 bits per heavy atom. The van der Waals surface area contributed by atoms with Crippen molar-refractivity contribution in [2.24, 2.45) is 14.1 Å². The molecule has 0 atom stereocenters. The lowest BCUT2D eigenvalue weighted by molar-refractivity contribution is 0.421. The number of fused-ring (bicyclic) bond motifs is 1. The SMILES string of the molecule is Cc1cccc(Oc2nc3c(c(=O)n(C)c(=O)n3C)n2Cc2ccccc2Cl)c1. The zero-order valence-electron chi connectivity index (χ0n) is 16.2. The molecule has 4 rings (SSSR count). The van der Waals surface area contributed by atoms with Crippen LogP contribution in [0.25, 0.3) is 11.2 Å². The number of imidazole rings is 1. The summed E-state index contributed by atoms with van der Waals surface area (Å²) < 4.78 is 10.1. The molecule has 0 radical (unpaired) electrons. The summed E-state index contributed by atoms with van der Waals surface area (Å²) in [5.74, 6) is 0.586. The van der Waals surface area contributed by atoms with E-state index in [1.165, 1.54) is 11.6 Å². The molecule has 0 fully saturated rings. The van der Waals surface area contributed by atoms with Crippen molar-refractivity contribution >= 4 is 22.8 Å². The Kier molecular flexibility index (Phi) is 4.76. The molecule has 0 aliphatic heterocycles. The van der Waals surface area contributed by atoms with Gasteiger partial charge in [-0.1, -0.05) is 41.9 Å². The van der Waals surface area contributed by atoms with Gasteiger partial charge in [-0.25, -0.2) is 4.79 Å². The van der Waals surface area contributed by atoms with Gasteiger partial charge in [0.1, 0.15) is 5.75 Å². The highest BCUT2D eigenvalue weighted by Gasteiger charge is 2.21. The summed E-state index contributed by atoms with van der Waals surface area (Å²) in [4.78, 5) is 29.7. The van der Waals surface area contributed by atoms with Crippen molar-refractivity contribution in [1.29, 1.82) is 0 Å². The molecule has 0 saturated carbocycles. The van der Waals surface area contributed by atoms with Crippen molar-refractivity contribution in [3.05, 3.63) is 85.5 Å². The van der Waals surface area contributed by atoms with Crippen LogP contribution in [0.4, 0.5) is 0 Å². The summed E-state index contributed by atoms with van der Waals surface area (Å²) in [5.41, 5.74) is 1.47. The standard InChI is InChI=1S/C21H19ClN4O3/c1-13-7-6-9-15(11-13)29-20-23-18-17(19(27)25(3)21(28)24(18)2)26(20)12-14-8-4-5-10-16(14)22/h4-11H,12H2,1-3H3. The highest BCUT2D eigenvalue weighted by Crippen LogP contribution is 2.27. The number of hydrogen-bond acceptors (Lipinski definition) is 4. The first-order chi connectivity index (χ1) is 13.9. The first-order valence-corrected chi connectivity index (χ1v) is 9.39. The smallest absolute Gasteiger partial charge is 0.332 e. The first-order valence-electron chi connectivity index (χ1n) is 9.01. The third-order valence-corrected chi connectivity index (χ3v) is 5.17. The monoisotopic (exact) mass is 410 g/mol. The van der Waals surface area contributed by atoms with Crippen LogP contribution in [0.2, 0.25) is 5.02 Å². The highest BCUT2D eigenvalue weighted by molar-refractivity contribution is 6.31. The molecule has 148 valence electrons. The Bertz CT molecular complexity index is 1350. The van der Waals surface area contributed by atoms with Crippen LogP contribution < -0.4 is 16.0 Å². The van der Waals surface area contributed by atoms with E-state index in [0.717, 1.165) is 15.7 Å². The van der Waals surface area contributed by atoms with Crippen LogP contribution in [0.5, 0.6) is 11.8 Å². The zero-order valence-corrected chi connectivity index (χ0v) is 17.0. The number of ether oxygens (including phenoxy) is 1. The fourth-order valence-corrected chi connectivity index (χ4v) is 3.43. The zero-order chi connectivity index (χ0) is 20.7. The molecule has 4 aromatic rings. The van der Waals surface area contributed by atoms with Crippen molar-refractivity contribution in [3.8, 4) is 11.8 Å². The van der Waals surface area contributed by atoms with Crippen LogP contribution in [-0.2, 0) is 20.6 Å².